The minimum Gasteiger partial charge on any atom is -0.508 e. The third kappa shape index (κ3) is 2.58. The van der Waals surface area contributed by atoms with Crippen LogP contribution in [0.1, 0.15) is 30.7 Å². The molecule has 0 spiro atoms. The van der Waals surface area contributed by atoms with Crippen molar-refractivity contribution >= 4 is 29.1 Å². The number of carbonyl (C=O) groups excluding carboxylic acids is 1. The molecule has 2 heterocycles. The van der Waals surface area contributed by atoms with Crippen LogP contribution in [-0.2, 0) is 4.79 Å². The number of hydrogen-bond donors (Lipinski definition) is 2. The lowest BCUT2D eigenvalue weighted by atomic mass is 9.86. The van der Waals surface area contributed by atoms with Crippen LogP contribution in [0.5, 0.6) is 5.75 Å². The Bertz CT molecular complexity index is 684. The summed E-state index contributed by atoms with van der Waals surface area (Å²) in [5.74, 6) is 0.204. The number of amides is 1. The SMILES string of the molecule is O=C1CN([C@H]2CC[C@@H]2O)C[C@@H]2C[C@H](c3c(O)ccc(Cl)c3Cl)CN12. The predicted octanol–water partition coefficient (Wildman–Crippen LogP) is 2.22. The number of benzene rings is 1. The maximum absolute atomic E-state index is 12.5. The molecule has 0 radical (unpaired) electrons. The highest BCUT2D eigenvalue weighted by Crippen LogP contribution is 2.44. The first kappa shape index (κ1) is 16.5. The van der Waals surface area contributed by atoms with Crippen molar-refractivity contribution in [3.8, 4) is 5.75 Å². The van der Waals surface area contributed by atoms with Gasteiger partial charge in [0.25, 0.3) is 0 Å². The molecule has 2 N–H and O–H groups in total. The van der Waals surface area contributed by atoms with E-state index in [1.54, 1.807) is 12.1 Å². The molecule has 7 heteroatoms. The molecule has 130 valence electrons. The molecule has 1 aliphatic carbocycles. The maximum atomic E-state index is 12.5. The van der Waals surface area contributed by atoms with Gasteiger partial charge in [-0.15, -0.1) is 0 Å². The number of hydrogen-bond acceptors (Lipinski definition) is 4. The fraction of sp³-hybridized carbons (Fsp3) is 0.588. The van der Waals surface area contributed by atoms with E-state index in [-0.39, 0.29) is 35.8 Å². The van der Waals surface area contributed by atoms with Gasteiger partial charge in [0, 0.05) is 36.7 Å². The van der Waals surface area contributed by atoms with E-state index < -0.39 is 0 Å². The van der Waals surface area contributed by atoms with Crippen LogP contribution in [-0.4, -0.2) is 63.7 Å². The van der Waals surface area contributed by atoms with Gasteiger partial charge >= 0.3 is 0 Å². The molecular formula is C17H20Cl2N2O3. The minimum atomic E-state index is -0.312. The molecule has 0 bridgehead atoms. The molecule has 4 atom stereocenters. The highest BCUT2D eigenvalue weighted by atomic mass is 35.5. The van der Waals surface area contributed by atoms with Crippen LogP contribution in [0, 0.1) is 0 Å². The van der Waals surface area contributed by atoms with Crippen LogP contribution in [0.3, 0.4) is 0 Å². The number of nitrogens with zero attached hydrogens (tertiary/aromatic N) is 2. The lowest BCUT2D eigenvalue weighted by molar-refractivity contribution is -0.142. The van der Waals surface area contributed by atoms with Gasteiger partial charge in [-0.05, 0) is 31.4 Å². The van der Waals surface area contributed by atoms with Crippen LogP contribution in [0.4, 0.5) is 0 Å². The summed E-state index contributed by atoms with van der Waals surface area (Å²) in [4.78, 5) is 16.5. The van der Waals surface area contributed by atoms with Crippen molar-refractivity contribution in [1.29, 1.82) is 0 Å². The summed E-state index contributed by atoms with van der Waals surface area (Å²) in [6, 6.07) is 3.34. The van der Waals surface area contributed by atoms with Crippen LogP contribution < -0.4 is 0 Å². The van der Waals surface area contributed by atoms with Crippen molar-refractivity contribution in [2.45, 2.75) is 43.4 Å². The van der Waals surface area contributed by atoms with Crippen molar-refractivity contribution in [2.24, 2.45) is 0 Å². The molecule has 4 rings (SSSR count). The average Bonchev–Trinajstić information content (AvgIpc) is 2.94. The van der Waals surface area contributed by atoms with E-state index in [2.05, 4.69) is 4.90 Å². The monoisotopic (exact) mass is 370 g/mol. The van der Waals surface area contributed by atoms with Crippen molar-refractivity contribution in [3.05, 3.63) is 27.7 Å². The van der Waals surface area contributed by atoms with Gasteiger partial charge in [-0.1, -0.05) is 23.2 Å². The number of aromatic hydroxyl groups is 1. The normalized spacial score (nSPS) is 33.5. The third-order valence-corrected chi connectivity index (χ3v) is 6.53. The first-order valence-electron chi connectivity index (χ1n) is 8.34. The van der Waals surface area contributed by atoms with E-state index >= 15 is 0 Å². The number of halogens is 2. The van der Waals surface area contributed by atoms with Gasteiger partial charge in [-0.2, -0.15) is 0 Å². The zero-order chi connectivity index (χ0) is 17.0. The largest absolute Gasteiger partial charge is 0.508 e. The van der Waals surface area contributed by atoms with Gasteiger partial charge < -0.3 is 15.1 Å². The van der Waals surface area contributed by atoms with Gasteiger partial charge in [0.1, 0.15) is 5.75 Å². The second-order valence-corrected chi connectivity index (χ2v) is 7.85. The van der Waals surface area contributed by atoms with Gasteiger partial charge in [0.2, 0.25) is 5.91 Å². The Morgan fingerprint density at radius 2 is 1.96 bits per heavy atom. The first-order chi connectivity index (χ1) is 11.5. The maximum Gasteiger partial charge on any atom is 0.237 e. The number of phenolic OH excluding ortho intramolecular Hbond substituents is 1. The molecule has 1 saturated carbocycles. The Hall–Kier alpha value is -1.01. The molecule has 5 nitrogen and oxygen atoms in total. The summed E-state index contributed by atoms with van der Waals surface area (Å²) >= 11 is 12.4. The number of carbonyl (C=O) groups is 1. The van der Waals surface area contributed by atoms with E-state index in [0.717, 1.165) is 25.8 Å². The van der Waals surface area contributed by atoms with Gasteiger partial charge in [0.15, 0.2) is 0 Å². The molecule has 2 saturated heterocycles. The van der Waals surface area contributed by atoms with E-state index in [9.17, 15) is 15.0 Å². The average molecular weight is 371 g/mol. The molecule has 3 fully saturated rings. The Kier molecular flexibility index (Phi) is 4.15. The van der Waals surface area contributed by atoms with Crippen molar-refractivity contribution in [2.75, 3.05) is 19.6 Å². The summed E-state index contributed by atoms with van der Waals surface area (Å²) in [7, 11) is 0. The number of aliphatic hydroxyl groups excluding tert-OH is 1. The zero-order valence-electron chi connectivity index (χ0n) is 13.2. The van der Waals surface area contributed by atoms with Crippen LogP contribution in [0.25, 0.3) is 0 Å². The molecule has 1 amide bonds. The molecule has 24 heavy (non-hydrogen) atoms. The summed E-state index contributed by atoms with van der Waals surface area (Å²) < 4.78 is 0. The molecule has 0 unspecified atom stereocenters. The number of aliphatic hydroxyl groups is 1. The van der Waals surface area contributed by atoms with Crippen molar-refractivity contribution in [3.63, 3.8) is 0 Å². The second kappa shape index (κ2) is 6.06. The van der Waals surface area contributed by atoms with E-state index in [1.807, 2.05) is 4.90 Å². The Labute approximate surface area is 150 Å². The van der Waals surface area contributed by atoms with Gasteiger partial charge in [-0.3, -0.25) is 9.69 Å². The molecule has 3 aliphatic rings. The highest BCUT2D eigenvalue weighted by molar-refractivity contribution is 6.42. The van der Waals surface area contributed by atoms with E-state index in [4.69, 9.17) is 23.2 Å². The smallest absolute Gasteiger partial charge is 0.237 e. The van der Waals surface area contributed by atoms with Crippen LogP contribution in [0.15, 0.2) is 12.1 Å². The topological polar surface area (TPSA) is 64.0 Å². The summed E-state index contributed by atoms with van der Waals surface area (Å²) in [6.45, 7) is 1.68. The lowest BCUT2D eigenvalue weighted by Gasteiger charge is -2.46. The number of phenols is 1. The molecular weight excluding hydrogens is 351 g/mol. The molecule has 1 aromatic rings. The number of piperazine rings is 1. The predicted molar refractivity (Wildman–Crippen MR) is 91.6 cm³/mol. The van der Waals surface area contributed by atoms with E-state index in [0.29, 0.717) is 28.7 Å². The van der Waals surface area contributed by atoms with Crippen LogP contribution >= 0.6 is 23.2 Å². The van der Waals surface area contributed by atoms with Crippen LogP contribution in [0.2, 0.25) is 10.0 Å². The van der Waals surface area contributed by atoms with Gasteiger partial charge in [-0.25, -0.2) is 0 Å². The van der Waals surface area contributed by atoms with Crippen molar-refractivity contribution in [1.82, 2.24) is 9.80 Å². The quantitative estimate of drug-likeness (QED) is 0.837. The zero-order valence-corrected chi connectivity index (χ0v) is 14.7. The molecule has 2 aliphatic heterocycles. The summed E-state index contributed by atoms with van der Waals surface area (Å²) in [6.07, 6.45) is 2.20. The fourth-order valence-electron chi connectivity index (χ4n) is 4.29. The number of rotatable bonds is 2. The highest BCUT2D eigenvalue weighted by Gasteiger charge is 2.45. The molecule has 0 aromatic heterocycles. The fourth-order valence-corrected chi connectivity index (χ4v) is 4.77. The van der Waals surface area contributed by atoms with Crippen molar-refractivity contribution < 1.29 is 15.0 Å². The van der Waals surface area contributed by atoms with E-state index in [1.165, 1.54) is 0 Å². The summed E-state index contributed by atoms with van der Waals surface area (Å²) in [5, 5.41) is 20.9. The third-order valence-electron chi connectivity index (χ3n) is 5.71. The number of fused-ring (bicyclic) bond motifs is 1. The standard InChI is InChI=1S/C17H20Cl2N2O3/c18-11-1-3-14(23)16(17(11)19)9-5-10-7-20(12-2-4-13(12)22)8-15(24)21(10)6-9/h1,3,9-10,12-13,22-23H,2,4-8H2/t9-,10-,12-,13-/m0/s1. The molecule has 1 aromatic carbocycles. The van der Waals surface area contributed by atoms with Gasteiger partial charge in [0.05, 0.1) is 22.7 Å². The Balaban J connectivity index is 1.55. The minimum absolute atomic E-state index is 0.0172. The summed E-state index contributed by atoms with van der Waals surface area (Å²) in [5.41, 5.74) is 0.640. The lowest BCUT2D eigenvalue weighted by Crippen LogP contribution is -2.61. The first-order valence-corrected chi connectivity index (χ1v) is 9.09. The Morgan fingerprint density at radius 3 is 2.62 bits per heavy atom. The second-order valence-electron chi connectivity index (χ2n) is 7.07. The Morgan fingerprint density at radius 1 is 1.17 bits per heavy atom.